The van der Waals surface area contributed by atoms with Crippen LogP contribution in [0.2, 0.25) is 0 Å². The largest absolute Gasteiger partial charge is 0.292 e. The average Bonchev–Trinajstić information content (AvgIpc) is 2.95. The molecular weight excluding hydrogens is 272 g/mol. The highest BCUT2D eigenvalue weighted by atomic mass is 16.2. The molecule has 0 fully saturated rings. The second-order valence-corrected chi connectivity index (χ2v) is 5.74. The van der Waals surface area contributed by atoms with Crippen molar-refractivity contribution in [1.29, 1.82) is 0 Å². The van der Waals surface area contributed by atoms with Crippen molar-refractivity contribution in [2.24, 2.45) is 0 Å². The first kappa shape index (κ1) is 13.0. The predicted octanol–water partition coefficient (Wildman–Crippen LogP) is 3.75. The number of anilines is 1. The number of nitrogens with zero attached hydrogens (tertiary/aromatic N) is 2. The Bertz CT molecular complexity index is 868. The number of aryl methyl sites for hydroxylation is 1. The summed E-state index contributed by atoms with van der Waals surface area (Å²) >= 11 is 0. The van der Waals surface area contributed by atoms with E-state index in [4.69, 9.17) is 4.98 Å². The molecule has 22 heavy (non-hydrogen) atoms. The number of benzene rings is 2. The fourth-order valence-corrected chi connectivity index (χ4v) is 2.96. The minimum absolute atomic E-state index is 0.0292. The molecule has 3 heteroatoms. The van der Waals surface area contributed by atoms with Gasteiger partial charge in [-0.1, -0.05) is 35.9 Å². The number of pyridine rings is 1. The first-order chi connectivity index (χ1) is 10.7. The van der Waals surface area contributed by atoms with Crippen LogP contribution in [-0.2, 0) is 6.42 Å². The van der Waals surface area contributed by atoms with Crippen molar-refractivity contribution in [2.45, 2.75) is 13.3 Å². The van der Waals surface area contributed by atoms with Crippen molar-refractivity contribution in [2.75, 3.05) is 11.4 Å². The SMILES string of the molecule is Cc1ccc(C(=O)N2CCc3cc4ccccc4nc32)cc1. The summed E-state index contributed by atoms with van der Waals surface area (Å²) in [4.78, 5) is 19.2. The van der Waals surface area contributed by atoms with Gasteiger partial charge in [0.05, 0.1) is 5.52 Å². The first-order valence-electron chi connectivity index (χ1n) is 7.49. The lowest BCUT2D eigenvalue weighted by molar-refractivity contribution is 0.0989. The molecule has 108 valence electrons. The van der Waals surface area contributed by atoms with E-state index < -0.39 is 0 Å². The van der Waals surface area contributed by atoms with Gasteiger partial charge in [-0.3, -0.25) is 9.69 Å². The molecule has 3 aromatic rings. The Labute approximate surface area is 129 Å². The van der Waals surface area contributed by atoms with Gasteiger partial charge in [-0.2, -0.15) is 0 Å². The Morgan fingerprint density at radius 1 is 1.09 bits per heavy atom. The molecule has 3 nitrogen and oxygen atoms in total. The zero-order valence-electron chi connectivity index (χ0n) is 12.4. The zero-order chi connectivity index (χ0) is 15.1. The van der Waals surface area contributed by atoms with Crippen molar-refractivity contribution in [1.82, 2.24) is 4.98 Å². The third kappa shape index (κ3) is 2.06. The van der Waals surface area contributed by atoms with E-state index in [-0.39, 0.29) is 5.91 Å². The Morgan fingerprint density at radius 3 is 2.68 bits per heavy atom. The van der Waals surface area contributed by atoms with E-state index in [1.807, 2.05) is 49.4 Å². The van der Waals surface area contributed by atoms with Crippen LogP contribution in [0.25, 0.3) is 10.9 Å². The molecule has 0 unspecified atom stereocenters. The highest BCUT2D eigenvalue weighted by Crippen LogP contribution is 2.30. The second kappa shape index (κ2) is 4.95. The zero-order valence-corrected chi connectivity index (χ0v) is 12.4. The van der Waals surface area contributed by atoms with Crippen molar-refractivity contribution in [3.8, 4) is 0 Å². The summed E-state index contributed by atoms with van der Waals surface area (Å²) in [5, 5.41) is 1.13. The standard InChI is InChI=1S/C19H16N2O/c1-13-6-8-14(9-7-13)19(22)21-11-10-16-12-15-4-2-3-5-17(15)20-18(16)21/h2-9,12H,10-11H2,1H3. The van der Waals surface area contributed by atoms with Crippen LogP contribution in [0.1, 0.15) is 21.5 Å². The maximum atomic E-state index is 12.7. The molecular formula is C19H16N2O. The van der Waals surface area contributed by atoms with Gasteiger partial charge in [0, 0.05) is 17.5 Å². The van der Waals surface area contributed by atoms with E-state index in [1.54, 1.807) is 4.90 Å². The summed E-state index contributed by atoms with van der Waals surface area (Å²) in [6, 6.07) is 17.9. The third-order valence-corrected chi connectivity index (χ3v) is 4.18. The third-order valence-electron chi connectivity index (χ3n) is 4.18. The van der Waals surface area contributed by atoms with E-state index in [1.165, 1.54) is 0 Å². The molecule has 2 heterocycles. The molecule has 1 amide bonds. The smallest absolute Gasteiger partial charge is 0.259 e. The van der Waals surface area contributed by atoms with Crippen LogP contribution in [0.5, 0.6) is 0 Å². The van der Waals surface area contributed by atoms with Gasteiger partial charge >= 0.3 is 0 Å². The summed E-state index contributed by atoms with van der Waals surface area (Å²) in [7, 11) is 0. The molecule has 0 saturated heterocycles. The van der Waals surface area contributed by atoms with Gasteiger partial charge in [0.25, 0.3) is 5.91 Å². The van der Waals surface area contributed by atoms with Crippen molar-refractivity contribution in [3.05, 3.63) is 71.3 Å². The molecule has 4 rings (SSSR count). The molecule has 1 aliphatic heterocycles. The Hall–Kier alpha value is -2.68. The van der Waals surface area contributed by atoms with Crippen LogP contribution < -0.4 is 4.90 Å². The molecule has 0 spiro atoms. The molecule has 0 bridgehead atoms. The molecule has 1 aliphatic rings. The van der Waals surface area contributed by atoms with Gasteiger partial charge < -0.3 is 0 Å². The summed E-state index contributed by atoms with van der Waals surface area (Å²) in [6.07, 6.45) is 0.866. The Kier molecular flexibility index (Phi) is 2.93. The van der Waals surface area contributed by atoms with Crippen LogP contribution >= 0.6 is 0 Å². The monoisotopic (exact) mass is 288 g/mol. The van der Waals surface area contributed by atoms with Crippen LogP contribution in [-0.4, -0.2) is 17.4 Å². The number of hydrogen-bond donors (Lipinski definition) is 0. The van der Waals surface area contributed by atoms with Gasteiger partial charge in [0.1, 0.15) is 5.82 Å². The number of amides is 1. The quantitative estimate of drug-likeness (QED) is 0.683. The van der Waals surface area contributed by atoms with Crippen LogP contribution in [0.15, 0.2) is 54.6 Å². The van der Waals surface area contributed by atoms with Crippen molar-refractivity contribution in [3.63, 3.8) is 0 Å². The maximum Gasteiger partial charge on any atom is 0.259 e. The van der Waals surface area contributed by atoms with E-state index in [0.717, 1.165) is 34.3 Å². The van der Waals surface area contributed by atoms with Crippen molar-refractivity contribution < 1.29 is 4.79 Å². The van der Waals surface area contributed by atoms with Crippen molar-refractivity contribution >= 4 is 22.6 Å². The first-order valence-corrected chi connectivity index (χ1v) is 7.49. The molecule has 0 N–H and O–H groups in total. The number of fused-ring (bicyclic) bond motifs is 2. The topological polar surface area (TPSA) is 33.2 Å². The van der Waals surface area contributed by atoms with Gasteiger partial charge in [0.15, 0.2) is 0 Å². The van der Waals surface area contributed by atoms with E-state index >= 15 is 0 Å². The van der Waals surface area contributed by atoms with Gasteiger partial charge in [0.2, 0.25) is 0 Å². The Balaban J connectivity index is 1.76. The highest BCUT2D eigenvalue weighted by Gasteiger charge is 2.27. The van der Waals surface area contributed by atoms with Gasteiger partial charge in [-0.05, 0) is 43.2 Å². The van der Waals surface area contributed by atoms with Crippen LogP contribution in [0.4, 0.5) is 5.82 Å². The minimum atomic E-state index is 0.0292. The number of hydrogen-bond acceptors (Lipinski definition) is 2. The summed E-state index contributed by atoms with van der Waals surface area (Å²) in [5.74, 6) is 0.839. The fraction of sp³-hybridized carbons (Fsp3) is 0.158. The lowest BCUT2D eigenvalue weighted by Crippen LogP contribution is -2.29. The summed E-state index contributed by atoms with van der Waals surface area (Å²) in [6.45, 7) is 2.72. The number of para-hydroxylation sites is 1. The predicted molar refractivity (Wildman–Crippen MR) is 88.3 cm³/mol. The summed E-state index contributed by atoms with van der Waals surface area (Å²) in [5.41, 5.74) is 3.96. The fourth-order valence-electron chi connectivity index (χ4n) is 2.96. The average molecular weight is 288 g/mol. The highest BCUT2D eigenvalue weighted by molar-refractivity contribution is 6.07. The van der Waals surface area contributed by atoms with Gasteiger partial charge in [-0.15, -0.1) is 0 Å². The lowest BCUT2D eigenvalue weighted by atomic mass is 10.1. The summed E-state index contributed by atoms with van der Waals surface area (Å²) < 4.78 is 0. The van der Waals surface area contributed by atoms with E-state index in [0.29, 0.717) is 12.1 Å². The Morgan fingerprint density at radius 2 is 1.86 bits per heavy atom. The number of aromatic nitrogens is 1. The lowest BCUT2D eigenvalue weighted by Gasteiger charge is -2.16. The number of carbonyl (C=O) groups excluding carboxylic acids is 1. The second-order valence-electron chi connectivity index (χ2n) is 5.74. The molecule has 0 saturated carbocycles. The molecule has 2 aromatic carbocycles. The molecule has 1 aromatic heterocycles. The number of rotatable bonds is 1. The number of carbonyl (C=O) groups is 1. The van der Waals surface area contributed by atoms with E-state index in [2.05, 4.69) is 12.1 Å². The van der Waals surface area contributed by atoms with E-state index in [9.17, 15) is 4.79 Å². The van der Waals surface area contributed by atoms with Gasteiger partial charge in [-0.25, -0.2) is 4.98 Å². The normalized spacial score (nSPS) is 13.4. The molecule has 0 aliphatic carbocycles. The minimum Gasteiger partial charge on any atom is -0.292 e. The molecule has 0 atom stereocenters. The van der Waals surface area contributed by atoms with Crippen LogP contribution in [0, 0.1) is 6.92 Å². The van der Waals surface area contributed by atoms with Crippen LogP contribution in [0.3, 0.4) is 0 Å². The molecule has 0 radical (unpaired) electrons. The maximum absolute atomic E-state index is 12.7.